The van der Waals surface area contributed by atoms with Crippen LogP contribution in [0.2, 0.25) is 0 Å². The van der Waals surface area contributed by atoms with Crippen LogP contribution in [0.1, 0.15) is 32.1 Å². The molecular formula is C8H14NO2. The second-order valence-corrected chi connectivity index (χ2v) is 3.21. The number of rotatable bonds is 2. The Balaban J connectivity index is 2.64. The van der Waals surface area contributed by atoms with E-state index in [2.05, 4.69) is 0 Å². The normalized spacial score (nSPS) is 23.0. The molecule has 1 saturated carbocycles. The van der Waals surface area contributed by atoms with Crippen LogP contribution in [0.3, 0.4) is 0 Å². The summed E-state index contributed by atoms with van der Waals surface area (Å²) in [5.41, 5.74) is 4.47. The van der Waals surface area contributed by atoms with Crippen LogP contribution in [0, 0.1) is 12.0 Å². The molecule has 3 nitrogen and oxygen atoms in total. The molecular weight excluding hydrogens is 142 g/mol. The molecule has 3 heteroatoms. The molecule has 0 heterocycles. The predicted molar refractivity (Wildman–Crippen MR) is 40.9 cm³/mol. The predicted octanol–water partition coefficient (Wildman–Crippen LogP) is 0.956. The zero-order valence-electron chi connectivity index (χ0n) is 6.55. The molecule has 0 spiro atoms. The van der Waals surface area contributed by atoms with E-state index in [1.807, 2.05) is 0 Å². The van der Waals surface area contributed by atoms with Gasteiger partial charge in [-0.05, 0) is 12.8 Å². The first-order valence-electron chi connectivity index (χ1n) is 4.00. The summed E-state index contributed by atoms with van der Waals surface area (Å²) in [7, 11) is 0. The fraction of sp³-hybridized carbons (Fsp3) is 0.750. The van der Waals surface area contributed by atoms with Crippen molar-refractivity contribution in [2.24, 2.45) is 11.1 Å². The van der Waals surface area contributed by atoms with Crippen LogP contribution < -0.4 is 5.73 Å². The molecule has 0 unspecified atom stereocenters. The van der Waals surface area contributed by atoms with Crippen LogP contribution in [-0.4, -0.2) is 11.0 Å². The third-order valence-corrected chi connectivity index (χ3v) is 2.48. The first kappa shape index (κ1) is 8.53. The van der Waals surface area contributed by atoms with Gasteiger partial charge in [0, 0.05) is 0 Å². The van der Waals surface area contributed by atoms with Crippen molar-refractivity contribution in [1.29, 1.82) is 0 Å². The Morgan fingerprint density at radius 2 is 1.91 bits per heavy atom. The topological polar surface area (TPSA) is 63.3 Å². The van der Waals surface area contributed by atoms with Gasteiger partial charge < -0.3 is 10.8 Å². The van der Waals surface area contributed by atoms with E-state index < -0.39 is 5.41 Å². The number of hydrogen-bond donors (Lipinski definition) is 2. The Hall–Kier alpha value is -0.570. The lowest BCUT2D eigenvalue weighted by molar-refractivity contribution is -0.129. The van der Waals surface area contributed by atoms with Gasteiger partial charge in [-0.3, -0.25) is 4.79 Å². The Morgan fingerprint density at radius 1 is 1.36 bits per heavy atom. The lowest BCUT2D eigenvalue weighted by atomic mass is 9.74. The number of primary amides is 1. The molecule has 1 radical (unpaired) electrons. The minimum atomic E-state index is -0.710. The van der Waals surface area contributed by atoms with Gasteiger partial charge in [0.05, 0.1) is 12.0 Å². The number of hydrogen-bond acceptors (Lipinski definition) is 2. The first-order valence-corrected chi connectivity index (χ1v) is 4.00. The van der Waals surface area contributed by atoms with Crippen LogP contribution in [-0.2, 0) is 4.79 Å². The summed E-state index contributed by atoms with van der Waals surface area (Å²) in [5, 5.41) is 8.89. The van der Waals surface area contributed by atoms with Crippen LogP contribution >= 0.6 is 0 Å². The molecule has 1 amide bonds. The first-order chi connectivity index (χ1) is 5.21. The molecule has 1 rings (SSSR count). The highest BCUT2D eigenvalue weighted by molar-refractivity contribution is 5.82. The van der Waals surface area contributed by atoms with Crippen LogP contribution in [0.25, 0.3) is 0 Å². The second kappa shape index (κ2) is 3.22. The van der Waals surface area contributed by atoms with Gasteiger partial charge in [-0.25, -0.2) is 0 Å². The Morgan fingerprint density at radius 3 is 2.18 bits per heavy atom. The van der Waals surface area contributed by atoms with Gasteiger partial charge in [0.2, 0.25) is 5.91 Å². The van der Waals surface area contributed by atoms with Crippen LogP contribution in [0.4, 0.5) is 0 Å². The number of amides is 1. The largest absolute Gasteiger partial charge is 0.389 e. The van der Waals surface area contributed by atoms with Crippen molar-refractivity contribution in [3.8, 4) is 0 Å². The van der Waals surface area contributed by atoms with Crippen molar-refractivity contribution in [3.63, 3.8) is 0 Å². The number of carbonyl (C=O) groups is 1. The van der Waals surface area contributed by atoms with Crippen LogP contribution in [0.15, 0.2) is 0 Å². The Bertz CT molecular complexity index is 150. The third-order valence-electron chi connectivity index (χ3n) is 2.48. The average Bonchev–Trinajstić information content (AvgIpc) is 2.05. The maximum Gasteiger partial charge on any atom is 0.226 e. The lowest BCUT2D eigenvalue weighted by Gasteiger charge is -2.31. The molecule has 11 heavy (non-hydrogen) atoms. The second-order valence-electron chi connectivity index (χ2n) is 3.21. The van der Waals surface area contributed by atoms with E-state index in [9.17, 15) is 4.79 Å². The van der Waals surface area contributed by atoms with Crippen molar-refractivity contribution in [2.45, 2.75) is 32.1 Å². The molecule has 1 aliphatic rings. The Labute approximate surface area is 66.6 Å². The molecule has 1 fully saturated rings. The smallest absolute Gasteiger partial charge is 0.226 e. The van der Waals surface area contributed by atoms with E-state index in [1.165, 1.54) is 0 Å². The van der Waals surface area contributed by atoms with E-state index in [0.29, 0.717) is 12.8 Å². The van der Waals surface area contributed by atoms with Gasteiger partial charge in [-0.15, -0.1) is 0 Å². The van der Waals surface area contributed by atoms with Gasteiger partial charge in [0.15, 0.2) is 0 Å². The summed E-state index contributed by atoms with van der Waals surface area (Å²) in [4.78, 5) is 10.9. The zero-order valence-corrected chi connectivity index (χ0v) is 6.55. The van der Waals surface area contributed by atoms with E-state index in [-0.39, 0.29) is 5.91 Å². The fourth-order valence-corrected chi connectivity index (χ4v) is 1.62. The fourth-order valence-electron chi connectivity index (χ4n) is 1.62. The van der Waals surface area contributed by atoms with Crippen molar-refractivity contribution in [3.05, 3.63) is 6.61 Å². The SMILES string of the molecule is NC(=O)C1([CH]O)CCCCC1. The Kier molecular flexibility index (Phi) is 2.49. The number of aliphatic hydroxyl groups is 1. The van der Waals surface area contributed by atoms with Crippen molar-refractivity contribution < 1.29 is 9.90 Å². The molecule has 0 aromatic heterocycles. The van der Waals surface area contributed by atoms with Gasteiger partial charge in [0.25, 0.3) is 0 Å². The summed E-state index contributed by atoms with van der Waals surface area (Å²) in [6.07, 6.45) is 4.53. The minimum absolute atomic E-state index is 0.389. The molecule has 0 atom stereocenters. The molecule has 0 aromatic rings. The highest BCUT2D eigenvalue weighted by Gasteiger charge is 2.37. The molecule has 0 aromatic carbocycles. The van der Waals surface area contributed by atoms with E-state index in [4.69, 9.17) is 10.8 Å². The van der Waals surface area contributed by atoms with Crippen molar-refractivity contribution >= 4 is 5.91 Å². The quantitative estimate of drug-likeness (QED) is 0.625. The minimum Gasteiger partial charge on any atom is -0.389 e. The number of carbonyl (C=O) groups excluding carboxylic acids is 1. The summed E-state index contributed by atoms with van der Waals surface area (Å²) in [6.45, 7) is 0.981. The van der Waals surface area contributed by atoms with Gasteiger partial charge in [0.1, 0.15) is 0 Å². The van der Waals surface area contributed by atoms with Gasteiger partial charge >= 0.3 is 0 Å². The molecule has 0 aliphatic heterocycles. The summed E-state index contributed by atoms with van der Waals surface area (Å²) >= 11 is 0. The monoisotopic (exact) mass is 156 g/mol. The van der Waals surface area contributed by atoms with Gasteiger partial charge in [-0.2, -0.15) is 0 Å². The molecule has 0 saturated heterocycles. The van der Waals surface area contributed by atoms with E-state index in [1.54, 1.807) is 0 Å². The highest BCUT2D eigenvalue weighted by atomic mass is 16.3. The number of nitrogens with two attached hydrogens (primary N) is 1. The van der Waals surface area contributed by atoms with Crippen molar-refractivity contribution in [1.82, 2.24) is 0 Å². The van der Waals surface area contributed by atoms with E-state index >= 15 is 0 Å². The summed E-state index contributed by atoms with van der Waals surface area (Å²) in [6, 6.07) is 0. The zero-order chi connectivity index (χ0) is 8.32. The van der Waals surface area contributed by atoms with Gasteiger partial charge in [-0.1, -0.05) is 19.3 Å². The molecule has 0 bridgehead atoms. The standard InChI is InChI=1S/C8H14NO2/c9-7(11)8(6-10)4-2-1-3-5-8/h6,10H,1-5H2,(H2,9,11). The molecule has 1 aliphatic carbocycles. The molecule has 63 valence electrons. The maximum absolute atomic E-state index is 10.9. The lowest BCUT2D eigenvalue weighted by Crippen LogP contribution is -2.39. The summed E-state index contributed by atoms with van der Waals surface area (Å²) in [5.74, 6) is -0.389. The number of aliphatic hydroxyl groups excluding tert-OH is 1. The maximum atomic E-state index is 10.9. The highest BCUT2D eigenvalue weighted by Crippen LogP contribution is 2.37. The summed E-state index contributed by atoms with van der Waals surface area (Å²) < 4.78 is 0. The van der Waals surface area contributed by atoms with Crippen molar-refractivity contribution in [2.75, 3.05) is 0 Å². The van der Waals surface area contributed by atoms with Crippen LogP contribution in [0.5, 0.6) is 0 Å². The van der Waals surface area contributed by atoms with E-state index in [0.717, 1.165) is 25.9 Å². The third kappa shape index (κ3) is 1.53. The molecule has 3 N–H and O–H groups in total. The average molecular weight is 156 g/mol.